The smallest absolute Gasteiger partial charge is 0.0319 e. The Morgan fingerprint density at radius 3 is 2.63 bits per heavy atom. The fourth-order valence-corrected chi connectivity index (χ4v) is 4.61. The van der Waals surface area contributed by atoms with E-state index >= 15 is 0 Å². The van der Waals surface area contributed by atoms with Crippen LogP contribution in [0.15, 0.2) is 12.2 Å². The van der Waals surface area contributed by atoms with E-state index in [2.05, 4.69) is 26.0 Å². The van der Waals surface area contributed by atoms with Crippen molar-refractivity contribution in [1.82, 2.24) is 0 Å². The molecule has 0 heteroatoms. The molecule has 0 radical (unpaired) electrons. The van der Waals surface area contributed by atoms with Crippen LogP contribution in [0.1, 0.15) is 84.5 Å². The summed E-state index contributed by atoms with van der Waals surface area (Å²) in [5.41, 5.74) is 0. The molecule has 2 aliphatic carbocycles. The summed E-state index contributed by atoms with van der Waals surface area (Å²) in [6.07, 6.45) is 20.9. The zero-order valence-electron chi connectivity index (χ0n) is 13.2. The van der Waals surface area contributed by atoms with Gasteiger partial charge in [0.25, 0.3) is 0 Å². The van der Waals surface area contributed by atoms with Crippen LogP contribution < -0.4 is 0 Å². The first-order chi connectivity index (χ1) is 9.35. The molecule has 0 nitrogen and oxygen atoms in total. The molecular formula is C19H34. The molecule has 19 heavy (non-hydrogen) atoms. The molecule has 0 amide bonds. The lowest BCUT2D eigenvalue weighted by Crippen LogP contribution is -2.27. The number of hydrogen-bond acceptors (Lipinski definition) is 0. The highest BCUT2D eigenvalue weighted by atomic mass is 14.4. The topological polar surface area (TPSA) is 0 Å². The molecule has 4 atom stereocenters. The first-order valence-corrected chi connectivity index (χ1v) is 9.00. The predicted octanol–water partition coefficient (Wildman–Crippen LogP) is 6.37. The average Bonchev–Trinajstić information content (AvgIpc) is 2.49. The fraction of sp³-hybridized carbons (Fsp3) is 0.895. The van der Waals surface area contributed by atoms with E-state index in [-0.39, 0.29) is 0 Å². The SMILES string of the molecule is CCCCC(CC)C1CCCC(C2CC=CCC2)C1. The third kappa shape index (κ3) is 4.36. The van der Waals surface area contributed by atoms with Gasteiger partial charge in [0.1, 0.15) is 0 Å². The number of unbranched alkanes of at least 4 members (excludes halogenated alkanes) is 1. The summed E-state index contributed by atoms with van der Waals surface area (Å²) in [6.45, 7) is 4.76. The van der Waals surface area contributed by atoms with Crippen molar-refractivity contribution >= 4 is 0 Å². The minimum atomic E-state index is 1.02. The van der Waals surface area contributed by atoms with Crippen LogP contribution in [0.4, 0.5) is 0 Å². The van der Waals surface area contributed by atoms with E-state index in [0.717, 1.165) is 23.7 Å². The quantitative estimate of drug-likeness (QED) is 0.488. The maximum Gasteiger partial charge on any atom is -0.0319 e. The van der Waals surface area contributed by atoms with Crippen LogP contribution in [0, 0.1) is 23.7 Å². The molecule has 0 aromatic heterocycles. The summed E-state index contributed by atoms with van der Waals surface area (Å²) < 4.78 is 0. The van der Waals surface area contributed by atoms with E-state index in [9.17, 15) is 0 Å². The van der Waals surface area contributed by atoms with Gasteiger partial charge in [-0.25, -0.2) is 0 Å². The number of hydrogen-bond donors (Lipinski definition) is 0. The molecule has 2 aliphatic rings. The summed E-state index contributed by atoms with van der Waals surface area (Å²) >= 11 is 0. The molecular weight excluding hydrogens is 228 g/mol. The molecule has 0 aromatic rings. The van der Waals surface area contributed by atoms with Gasteiger partial charge in [0, 0.05) is 0 Å². The molecule has 4 unspecified atom stereocenters. The van der Waals surface area contributed by atoms with E-state index in [1.54, 1.807) is 6.42 Å². The molecule has 0 spiro atoms. The van der Waals surface area contributed by atoms with Gasteiger partial charge in [0.2, 0.25) is 0 Å². The van der Waals surface area contributed by atoms with Crippen LogP contribution in [0.5, 0.6) is 0 Å². The Kier molecular flexibility index (Phi) is 6.47. The van der Waals surface area contributed by atoms with Crippen LogP contribution in [0.25, 0.3) is 0 Å². The molecule has 1 saturated carbocycles. The zero-order valence-corrected chi connectivity index (χ0v) is 13.2. The van der Waals surface area contributed by atoms with Crippen LogP contribution in [0.3, 0.4) is 0 Å². The van der Waals surface area contributed by atoms with Crippen molar-refractivity contribution in [1.29, 1.82) is 0 Å². The normalized spacial score (nSPS) is 33.3. The van der Waals surface area contributed by atoms with Crippen molar-refractivity contribution in [2.75, 3.05) is 0 Å². The van der Waals surface area contributed by atoms with Gasteiger partial charge >= 0.3 is 0 Å². The Bertz CT molecular complexity index is 265. The zero-order chi connectivity index (χ0) is 13.5. The maximum absolute atomic E-state index is 2.45. The first kappa shape index (κ1) is 15.1. The van der Waals surface area contributed by atoms with Crippen molar-refractivity contribution < 1.29 is 0 Å². The van der Waals surface area contributed by atoms with E-state index in [1.165, 1.54) is 64.2 Å². The van der Waals surface area contributed by atoms with Crippen molar-refractivity contribution in [2.45, 2.75) is 84.5 Å². The Morgan fingerprint density at radius 2 is 1.95 bits per heavy atom. The van der Waals surface area contributed by atoms with Crippen molar-refractivity contribution in [3.05, 3.63) is 12.2 Å². The third-order valence-corrected chi connectivity index (χ3v) is 5.85. The van der Waals surface area contributed by atoms with Crippen molar-refractivity contribution in [3.63, 3.8) is 0 Å². The van der Waals surface area contributed by atoms with Gasteiger partial charge in [-0.2, -0.15) is 0 Å². The predicted molar refractivity (Wildman–Crippen MR) is 85.2 cm³/mol. The van der Waals surface area contributed by atoms with Gasteiger partial charge in [0.15, 0.2) is 0 Å². The Balaban J connectivity index is 1.86. The Hall–Kier alpha value is -0.260. The van der Waals surface area contributed by atoms with E-state index in [0.29, 0.717) is 0 Å². The lowest BCUT2D eigenvalue weighted by atomic mass is 9.67. The Labute approximate surface area is 121 Å². The van der Waals surface area contributed by atoms with Crippen LogP contribution in [-0.4, -0.2) is 0 Å². The van der Waals surface area contributed by atoms with Gasteiger partial charge < -0.3 is 0 Å². The average molecular weight is 262 g/mol. The third-order valence-electron chi connectivity index (χ3n) is 5.85. The highest BCUT2D eigenvalue weighted by Crippen LogP contribution is 2.42. The second kappa shape index (κ2) is 8.12. The molecule has 2 rings (SSSR count). The molecule has 0 N–H and O–H groups in total. The molecule has 0 aliphatic heterocycles. The van der Waals surface area contributed by atoms with E-state index in [1.807, 2.05) is 0 Å². The van der Waals surface area contributed by atoms with Crippen LogP contribution >= 0.6 is 0 Å². The van der Waals surface area contributed by atoms with Gasteiger partial charge in [-0.1, -0.05) is 70.9 Å². The monoisotopic (exact) mass is 262 g/mol. The minimum Gasteiger partial charge on any atom is -0.0885 e. The van der Waals surface area contributed by atoms with E-state index in [4.69, 9.17) is 0 Å². The van der Waals surface area contributed by atoms with Gasteiger partial charge in [-0.15, -0.1) is 0 Å². The highest BCUT2D eigenvalue weighted by molar-refractivity contribution is 4.93. The van der Waals surface area contributed by atoms with Crippen LogP contribution in [-0.2, 0) is 0 Å². The second-order valence-corrected chi connectivity index (χ2v) is 7.04. The summed E-state index contributed by atoms with van der Waals surface area (Å²) in [7, 11) is 0. The van der Waals surface area contributed by atoms with Crippen molar-refractivity contribution in [3.8, 4) is 0 Å². The largest absolute Gasteiger partial charge is 0.0885 e. The Morgan fingerprint density at radius 1 is 1.05 bits per heavy atom. The van der Waals surface area contributed by atoms with Gasteiger partial charge in [-0.3, -0.25) is 0 Å². The van der Waals surface area contributed by atoms with Gasteiger partial charge in [0.05, 0.1) is 0 Å². The molecule has 110 valence electrons. The maximum atomic E-state index is 2.45. The molecule has 0 bridgehead atoms. The highest BCUT2D eigenvalue weighted by Gasteiger charge is 2.31. The van der Waals surface area contributed by atoms with Crippen LogP contribution in [0.2, 0.25) is 0 Å². The van der Waals surface area contributed by atoms with Gasteiger partial charge in [-0.05, 0) is 49.4 Å². The van der Waals surface area contributed by atoms with E-state index < -0.39 is 0 Å². The number of allylic oxidation sites excluding steroid dienone is 2. The second-order valence-electron chi connectivity index (χ2n) is 7.04. The van der Waals surface area contributed by atoms with Crippen molar-refractivity contribution in [2.24, 2.45) is 23.7 Å². The lowest BCUT2D eigenvalue weighted by Gasteiger charge is -2.38. The minimum absolute atomic E-state index is 1.02. The summed E-state index contributed by atoms with van der Waals surface area (Å²) in [5.74, 6) is 4.17. The number of rotatable bonds is 6. The molecule has 1 fully saturated rings. The molecule has 0 saturated heterocycles. The first-order valence-electron chi connectivity index (χ1n) is 9.00. The summed E-state index contributed by atoms with van der Waals surface area (Å²) in [4.78, 5) is 0. The fourth-order valence-electron chi connectivity index (χ4n) is 4.61. The lowest BCUT2D eigenvalue weighted by molar-refractivity contribution is 0.135. The molecule has 0 heterocycles. The summed E-state index contributed by atoms with van der Waals surface area (Å²) in [5, 5.41) is 0. The summed E-state index contributed by atoms with van der Waals surface area (Å²) in [6, 6.07) is 0. The molecule has 0 aromatic carbocycles. The standard InChI is InChI=1S/C19H34/c1-3-5-10-16(4-2)18-13-9-14-19(15-18)17-11-7-6-8-12-17/h6-7,16-19H,3-5,8-15H2,1-2H3.